The number of tetrazole rings is 1. The summed E-state index contributed by atoms with van der Waals surface area (Å²) >= 11 is 5.54. The highest BCUT2D eigenvalue weighted by Gasteiger charge is 2.11. The van der Waals surface area contributed by atoms with E-state index in [1.54, 1.807) is 4.68 Å². The van der Waals surface area contributed by atoms with Gasteiger partial charge in [0.05, 0.1) is 18.5 Å². The van der Waals surface area contributed by atoms with Crippen molar-refractivity contribution < 1.29 is 5.11 Å². The van der Waals surface area contributed by atoms with Gasteiger partial charge in [-0.1, -0.05) is 30.3 Å². The highest BCUT2D eigenvalue weighted by Crippen LogP contribution is 2.14. The minimum Gasteiger partial charge on any atom is -0.390 e. The number of hydrogen-bond donors (Lipinski definition) is 1. The first-order valence-electron chi connectivity index (χ1n) is 4.87. The Morgan fingerprint density at radius 3 is 2.75 bits per heavy atom. The Bertz CT molecular complexity index is 445. The average Bonchev–Trinajstić information content (AvgIpc) is 2.78. The van der Waals surface area contributed by atoms with Crippen LogP contribution < -0.4 is 0 Å². The van der Waals surface area contributed by atoms with Crippen molar-refractivity contribution in [3.05, 3.63) is 30.3 Å². The minimum absolute atomic E-state index is 0.161. The molecule has 0 amide bonds. The van der Waals surface area contributed by atoms with Gasteiger partial charge in [0.1, 0.15) is 0 Å². The third kappa shape index (κ3) is 2.37. The number of alkyl halides is 1. The van der Waals surface area contributed by atoms with E-state index in [9.17, 15) is 5.11 Å². The predicted molar refractivity (Wildman–Crippen MR) is 60.0 cm³/mol. The summed E-state index contributed by atoms with van der Waals surface area (Å²) in [4.78, 5) is 0. The second-order valence-corrected chi connectivity index (χ2v) is 3.67. The van der Waals surface area contributed by atoms with Gasteiger partial charge in [-0.25, -0.2) is 4.68 Å². The Hall–Kier alpha value is -1.46. The van der Waals surface area contributed by atoms with Gasteiger partial charge in [-0.2, -0.15) is 0 Å². The van der Waals surface area contributed by atoms with E-state index in [2.05, 4.69) is 15.5 Å². The fourth-order valence-electron chi connectivity index (χ4n) is 1.37. The van der Waals surface area contributed by atoms with Gasteiger partial charge >= 0.3 is 0 Å². The van der Waals surface area contributed by atoms with Gasteiger partial charge in [0.15, 0.2) is 5.82 Å². The fourth-order valence-corrected chi connectivity index (χ4v) is 1.47. The summed E-state index contributed by atoms with van der Waals surface area (Å²) in [5.41, 5.74) is 0.911. The zero-order valence-electron chi connectivity index (χ0n) is 8.49. The van der Waals surface area contributed by atoms with Crippen LogP contribution in [0.25, 0.3) is 11.4 Å². The van der Waals surface area contributed by atoms with Crippen LogP contribution in [0.2, 0.25) is 0 Å². The summed E-state index contributed by atoms with van der Waals surface area (Å²) < 4.78 is 1.54. The maximum atomic E-state index is 9.45. The van der Waals surface area contributed by atoms with Gasteiger partial charge in [0.25, 0.3) is 0 Å². The zero-order valence-corrected chi connectivity index (χ0v) is 9.25. The largest absolute Gasteiger partial charge is 0.390 e. The van der Waals surface area contributed by atoms with E-state index in [0.29, 0.717) is 12.4 Å². The van der Waals surface area contributed by atoms with Crippen LogP contribution >= 0.6 is 11.6 Å². The smallest absolute Gasteiger partial charge is 0.182 e. The average molecular weight is 239 g/mol. The Labute approximate surface area is 97.7 Å². The first-order valence-corrected chi connectivity index (χ1v) is 5.40. The number of aliphatic hydroxyl groups excluding tert-OH is 1. The molecule has 0 aliphatic heterocycles. The lowest BCUT2D eigenvalue weighted by atomic mass is 10.2. The monoisotopic (exact) mass is 238 g/mol. The number of rotatable bonds is 4. The normalized spacial score (nSPS) is 12.6. The lowest BCUT2D eigenvalue weighted by Crippen LogP contribution is -2.19. The molecular formula is C10H11ClN4O. The molecule has 16 heavy (non-hydrogen) atoms. The van der Waals surface area contributed by atoms with E-state index in [1.165, 1.54) is 0 Å². The lowest BCUT2D eigenvalue weighted by Gasteiger charge is -2.07. The number of hydrogen-bond acceptors (Lipinski definition) is 4. The Kier molecular flexibility index (Phi) is 3.48. The van der Waals surface area contributed by atoms with Gasteiger partial charge in [0, 0.05) is 5.56 Å². The Morgan fingerprint density at radius 2 is 2.06 bits per heavy atom. The van der Waals surface area contributed by atoms with Crippen LogP contribution in [0.4, 0.5) is 0 Å². The van der Waals surface area contributed by atoms with Crippen molar-refractivity contribution in [3.8, 4) is 11.4 Å². The molecule has 0 aliphatic rings. The topological polar surface area (TPSA) is 63.8 Å². The zero-order chi connectivity index (χ0) is 11.4. The summed E-state index contributed by atoms with van der Waals surface area (Å²) in [7, 11) is 0. The number of benzene rings is 1. The molecule has 1 N–H and O–H groups in total. The van der Waals surface area contributed by atoms with Crippen LogP contribution in [-0.2, 0) is 6.54 Å². The van der Waals surface area contributed by atoms with E-state index < -0.39 is 6.10 Å². The molecule has 0 unspecified atom stereocenters. The fraction of sp³-hybridized carbons (Fsp3) is 0.300. The van der Waals surface area contributed by atoms with Crippen molar-refractivity contribution >= 4 is 11.6 Å². The first-order chi connectivity index (χ1) is 7.81. The second kappa shape index (κ2) is 5.05. The van der Waals surface area contributed by atoms with Gasteiger partial charge in [-0.05, 0) is 10.4 Å². The maximum absolute atomic E-state index is 9.45. The van der Waals surface area contributed by atoms with E-state index in [-0.39, 0.29) is 5.88 Å². The van der Waals surface area contributed by atoms with Gasteiger partial charge < -0.3 is 5.11 Å². The predicted octanol–water partition coefficient (Wildman–Crippen LogP) is 0.940. The summed E-state index contributed by atoms with van der Waals surface area (Å²) in [6, 6.07) is 9.56. The van der Waals surface area contributed by atoms with Gasteiger partial charge in [0.2, 0.25) is 0 Å². The molecule has 6 heteroatoms. The molecule has 1 aromatic heterocycles. The Morgan fingerprint density at radius 1 is 1.31 bits per heavy atom. The second-order valence-electron chi connectivity index (χ2n) is 3.36. The van der Waals surface area contributed by atoms with Crippen molar-refractivity contribution in [2.24, 2.45) is 0 Å². The van der Waals surface area contributed by atoms with Crippen LogP contribution in [0.5, 0.6) is 0 Å². The SMILES string of the molecule is O[C@H](CCl)Cn1nnnc1-c1ccccc1. The van der Waals surface area contributed by atoms with Crippen molar-refractivity contribution in [2.45, 2.75) is 12.6 Å². The van der Waals surface area contributed by atoms with Crippen LogP contribution in [0.1, 0.15) is 0 Å². The van der Waals surface area contributed by atoms with Crippen LogP contribution in [0.15, 0.2) is 30.3 Å². The third-order valence-electron chi connectivity index (χ3n) is 2.13. The van der Waals surface area contributed by atoms with Crippen LogP contribution in [-0.4, -0.2) is 37.3 Å². The molecule has 1 atom stereocenters. The Balaban J connectivity index is 2.26. The summed E-state index contributed by atoms with van der Waals surface area (Å²) in [6.45, 7) is 0.292. The molecule has 5 nitrogen and oxygen atoms in total. The highest BCUT2D eigenvalue weighted by molar-refractivity contribution is 6.18. The molecule has 0 radical (unpaired) electrons. The summed E-state index contributed by atoms with van der Waals surface area (Å²) in [6.07, 6.45) is -0.646. The van der Waals surface area contributed by atoms with Gasteiger partial charge in [-0.15, -0.1) is 16.7 Å². The van der Waals surface area contributed by atoms with E-state index in [0.717, 1.165) is 5.56 Å². The number of aromatic nitrogens is 4. The number of aliphatic hydroxyl groups is 1. The maximum Gasteiger partial charge on any atom is 0.182 e. The highest BCUT2D eigenvalue weighted by atomic mass is 35.5. The van der Waals surface area contributed by atoms with Crippen molar-refractivity contribution in [1.82, 2.24) is 20.2 Å². The van der Waals surface area contributed by atoms with Crippen molar-refractivity contribution in [1.29, 1.82) is 0 Å². The van der Waals surface area contributed by atoms with Crippen LogP contribution in [0, 0.1) is 0 Å². The molecule has 2 aromatic rings. The summed E-state index contributed by atoms with van der Waals surface area (Å²) in [5.74, 6) is 0.790. The minimum atomic E-state index is -0.646. The molecule has 1 aromatic carbocycles. The van der Waals surface area contributed by atoms with Crippen molar-refractivity contribution in [2.75, 3.05) is 5.88 Å². The van der Waals surface area contributed by atoms with E-state index in [4.69, 9.17) is 11.6 Å². The van der Waals surface area contributed by atoms with E-state index in [1.807, 2.05) is 30.3 Å². The number of halogens is 1. The molecule has 0 bridgehead atoms. The molecule has 0 saturated carbocycles. The number of nitrogens with zero attached hydrogens (tertiary/aromatic N) is 4. The van der Waals surface area contributed by atoms with Crippen LogP contribution in [0.3, 0.4) is 0 Å². The standard InChI is InChI=1S/C10H11ClN4O/c11-6-9(16)7-15-10(12-13-14-15)8-4-2-1-3-5-8/h1-5,9,16H,6-7H2/t9-/m1/s1. The quantitative estimate of drug-likeness (QED) is 0.806. The third-order valence-corrected chi connectivity index (χ3v) is 2.48. The summed E-state index contributed by atoms with van der Waals surface area (Å²) in [5, 5.41) is 20.8. The van der Waals surface area contributed by atoms with Crippen molar-refractivity contribution in [3.63, 3.8) is 0 Å². The molecule has 0 aliphatic carbocycles. The first kappa shape index (κ1) is 11.0. The molecule has 1 heterocycles. The molecule has 84 valence electrons. The van der Waals surface area contributed by atoms with E-state index >= 15 is 0 Å². The van der Waals surface area contributed by atoms with Gasteiger partial charge in [-0.3, -0.25) is 0 Å². The molecule has 0 fully saturated rings. The molecule has 0 saturated heterocycles. The molecular weight excluding hydrogens is 228 g/mol. The lowest BCUT2D eigenvalue weighted by molar-refractivity contribution is 0.171. The molecule has 2 rings (SSSR count). The molecule has 0 spiro atoms.